The van der Waals surface area contributed by atoms with Gasteiger partial charge in [0.25, 0.3) is 5.91 Å². The van der Waals surface area contributed by atoms with E-state index >= 15 is 0 Å². The number of aromatic nitrogens is 3. The van der Waals surface area contributed by atoms with Crippen LogP contribution in [0.3, 0.4) is 0 Å². The van der Waals surface area contributed by atoms with Crippen molar-refractivity contribution < 1.29 is 14.1 Å². The maximum Gasteiger partial charge on any atom is 0.261 e. The van der Waals surface area contributed by atoms with Crippen LogP contribution in [0.5, 0.6) is 5.75 Å². The summed E-state index contributed by atoms with van der Waals surface area (Å²) in [7, 11) is 0. The first-order valence-electron chi connectivity index (χ1n) is 9.23. The predicted molar refractivity (Wildman–Crippen MR) is 102 cm³/mol. The van der Waals surface area contributed by atoms with Crippen LogP contribution < -0.4 is 10.5 Å². The van der Waals surface area contributed by atoms with Crippen molar-refractivity contribution in [2.24, 2.45) is 0 Å². The number of nitrogens with two attached hydrogens (primary N) is 1. The first-order valence-corrected chi connectivity index (χ1v) is 9.23. The van der Waals surface area contributed by atoms with E-state index in [0.29, 0.717) is 35.4 Å². The minimum Gasteiger partial charge on any atom is -0.484 e. The summed E-state index contributed by atoms with van der Waals surface area (Å²) in [6, 6.07) is 12.5. The second kappa shape index (κ2) is 8.08. The zero-order valence-electron chi connectivity index (χ0n) is 15.3. The molecule has 1 saturated heterocycles. The van der Waals surface area contributed by atoms with Crippen LogP contribution in [-0.4, -0.2) is 39.1 Å². The van der Waals surface area contributed by atoms with Crippen molar-refractivity contribution in [2.45, 2.75) is 25.3 Å². The highest BCUT2D eigenvalue weighted by Gasteiger charge is 2.32. The zero-order valence-corrected chi connectivity index (χ0v) is 15.3. The lowest BCUT2D eigenvalue weighted by molar-refractivity contribution is -0.138. The number of rotatable bonds is 5. The van der Waals surface area contributed by atoms with Gasteiger partial charge in [-0.3, -0.25) is 4.79 Å². The van der Waals surface area contributed by atoms with Crippen molar-refractivity contribution in [2.75, 3.05) is 18.9 Å². The Morgan fingerprint density at radius 3 is 2.86 bits per heavy atom. The van der Waals surface area contributed by atoms with Gasteiger partial charge in [-0.15, -0.1) is 0 Å². The number of amides is 1. The van der Waals surface area contributed by atoms with Gasteiger partial charge in [0, 0.05) is 18.3 Å². The van der Waals surface area contributed by atoms with Crippen LogP contribution in [0.25, 0.3) is 11.4 Å². The monoisotopic (exact) mass is 379 g/mol. The molecule has 1 aromatic carbocycles. The van der Waals surface area contributed by atoms with E-state index in [2.05, 4.69) is 15.1 Å². The van der Waals surface area contributed by atoms with Crippen LogP contribution in [0.4, 0.5) is 5.82 Å². The van der Waals surface area contributed by atoms with Crippen molar-refractivity contribution in [1.29, 1.82) is 0 Å². The highest BCUT2D eigenvalue weighted by Crippen LogP contribution is 2.31. The second-order valence-corrected chi connectivity index (χ2v) is 6.63. The third-order valence-electron chi connectivity index (χ3n) is 4.70. The Morgan fingerprint density at radius 1 is 1.21 bits per heavy atom. The maximum absolute atomic E-state index is 12.8. The van der Waals surface area contributed by atoms with E-state index in [9.17, 15) is 4.79 Å². The fourth-order valence-corrected chi connectivity index (χ4v) is 3.26. The quantitative estimate of drug-likeness (QED) is 0.726. The minimum absolute atomic E-state index is 0.0244. The lowest BCUT2D eigenvalue weighted by Crippen LogP contribution is -2.41. The second-order valence-electron chi connectivity index (χ2n) is 6.63. The molecule has 2 aromatic heterocycles. The summed E-state index contributed by atoms with van der Waals surface area (Å²) < 4.78 is 11.1. The molecule has 28 heavy (non-hydrogen) atoms. The van der Waals surface area contributed by atoms with E-state index in [0.717, 1.165) is 19.3 Å². The fraction of sp³-hybridized carbons (Fsp3) is 0.300. The lowest BCUT2D eigenvalue weighted by Gasteiger charge is -2.33. The van der Waals surface area contributed by atoms with Gasteiger partial charge in [-0.25, -0.2) is 4.98 Å². The molecule has 0 spiro atoms. The Labute approximate surface area is 162 Å². The average Bonchev–Trinajstić information content (AvgIpc) is 3.23. The number of pyridine rings is 1. The number of carbonyl (C=O) groups excluding carboxylic acids is 1. The Hall–Kier alpha value is -3.42. The molecule has 4 rings (SSSR count). The molecule has 144 valence electrons. The van der Waals surface area contributed by atoms with Gasteiger partial charge in [0.1, 0.15) is 17.6 Å². The molecular weight excluding hydrogens is 358 g/mol. The predicted octanol–water partition coefficient (Wildman–Crippen LogP) is 2.85. The summed E-state index contributed by atoms with van der Waals surface area (Å²) in [5, 5.41) is 4.04. The van der Waals surface area contributed by atoms with Gasteiger partial charge in [0.15, 0.2) is 6.61 Å². The molecule has 1 aliphatic heterocycles. The molecule has 1 aliphatic rings. The van der Waals surface area contributed by atoms with Crippen LogP contribution in [0.2, 0.25) is 0 Å². The molecule has 0 bridgehead atoms. The van der Waals surface area contributed by atoms with E-state index in [-0.39, 0.29) is 18.6 Å². The van der Waals surface area contributed by atoms with E-state index in [4.69, 9.17) is 15.0 Å². The lowest BCUT2D eigenvalue weighted by atomic mass is 10.0. The summed E-state index contributed by atoms with van der Waals surface area (Å²) in [6.07, 6.45) is 4.31. The Bertz CT molecular complexity index is 927. The molecule has 2 N–H and O–H groups in total. The van der Waals surface area contributed by atoms with Gasteiger partial charge in [0.2, 0.25) is 11.7 Å². The zero-order chi connectivity index (χ0) is 19.3. The topological polar surface area (TPSA) is 107 Å². The SMILES string of the molecule is Nc1ccc(-c2noc([C@H]3CCCCN3C(=O)COc3ccccc3)n2)cn1. The van der Waals surface area contributed by atoms with Gasteiger partial charge in [-0.05, 0) is 43.5 Å². The Morgan fingerprint density at radius 2 is 2.07 bits per heavy atom. The van der Waals surface area contributed by atoms with Gasteiger partial charge >= 0.3 is 0 Å². The minimum atomic E-state index is -0.247. The third-order valence-corrected chi connectivity index (χ3v) is 4.70. The summed E-state index contributed by atoms with van der Waals surface area (Å²) in [5.41, 5.74) is 6.33. The number of para-hydroxylation sites is 1. The maximum atomic E-state index is 12.8. The normalized spacial score (nSPS) is 16.7. The molecule has 0 radical (unpaired) electrons. The standard InChI is InChI=1S/C20H21N5O3/c21-17-10-9-14(12-22-17)19-23-20(28-24-19)16-8-4-5-11-25(16)18(26)13-27-15-6-2-1-3-7-15/h1-3,6-7,9-10,12,16H,4-5,8,11,13H2,(H2,21,22)/t16-/m1/s1. The van der Waals surface area contributed by atoms with E-state index in [1.54, 1.807) is 23.2 Å². The molecule has 8 nitrogen and oxygen atoms in total. The number of hydrogen-bond donors (Lipinski definition) is 1. The number of carbonyl (C=O) groups is 1. The van der Waals surface area contributed by atoms with Crippen LogP contribution >= 0.6 is 0 Å². The number of ether oxygens (including phenoxy) is 1. The molecule has 1 amide bonds. The number of anilines is 1. The van der Waals surface area contributed by atoms with E-state index < -0.39 is 0 Å². The van der Waals surface area contributed by atoms with Gasteiger partial charge in [0.05, 0.1) is 0 Å². The number of hydrogen-bond acceptors (Lipinski definition) is 7. The average molecular weight is 379 g/mol. The van der Waals surface area contributed by atoms with Gasteiger partial charge < -0.3 is 19.9 Å². The van der Waals surface area contributed by atoms with Gasteiger partial charge in [-0.2, -0.15) is 4.98 Å². The van der Waals surface area contributed by atoms with Crippen molar-refractivity contribution >= 4 is 11.7 Å². The molecule has 1 atom stereocenters. The van der Waals surface area contributed by atoms with E-state index in [1.807, 2.05) is 30.3 Å². The van der Waals surface area contributed by atoms with Crippen LogP contribution in [0.1, 0.15) is 31.2 Å². The van der Waals surface area contributed by atoms with Gasteiger partial charge in [-0.1, -0.05) is 23.4 Å². The molecule has 8 heteroatoms. The molecule has 3 aromatic rings. The summed E-state index contributed by atoms with van der Waals surface area (Å²) in [4.78, 5) is 23.1. The highest BCUT2D eigenvalue weighted by atomic mass is 16.5. The molecule has 0 saturated carbocycles. The summed E-state index contributed by atoms with van der Waals surface area (Å²) in [5.74, 6) is 1.86. The van der Waals surface area contributed by atoms with Crippen molar-refractivity contribution in [3.8, 4) is 17.1 Å². The molecule has 3 heterocycles. The Balaban J connectivity index is 1.47. The first kappa shape index (κ1) is 18.0. The number of nitrogens with zero attached hydrogens (tertiary/aromatic N) is 4. The highest BCUT2D eigenvalue weighted by molar-refractivity contribution is 5.78. The first-order chi connectivity index (χ1) is 13.7. The van der Waals surface area contributed by atoms with Crippen LogP contribution in [0, 0.1) is 0 Å². The summed E-state index contributed by atoms with van der Waals surface area (Å²) >= 11 is 0. The van der Waals surface area contributed by atoms with Crippen LogP contribution in [-0.2, 0) is 4.79 Å². The number of likely N-dealkylation sites (tertiary alicyclic amines) is 1. The molecule has 0 aliphatic carbocycles. The number of nitrogen functional groups attached to an aromatic ring is 1. The van der Waals surface area contributed by atoms with Crippen molar-refractivity contribution in [3.63, 3.8) is 0 Å². The smallest absolute Gasteiger partial charge is 0.261 e. The van der Waals surface area contributed by atoms with Crippen molar-refractivity contribution in [1.82, 2.24) is 20.0 Å². The fourth-order valence-electron chi connectivity index (χ4n) is 3.26. The third kappa shape index (κ3) is 3.95. The number of piperidine rings is 1. The van der Waals surface area contributed by atoms with E-state index in [1.165, 1.54) is 0 Å². The Kier molecular flexibility index (Phi) is 5.18. The summed E-state index contributed by atoms with van der Waals surface area (Å²) in [6.45, 7) is 0.617. The largest absolute Gasteiger partial charge is 0.484 e. The molecular formula is C20H21N5O3. The molecule has 1 fully saturated rings. The van der Waals surface area contributed by atoms with Crippen molar-refractivity contribution in [3.05, 3.63) is 54.6 Å². The number of benzene rings is 1. The van der Waals surface area contributed by atoms with Crippen LogP contribution in [0.15, 0.2) is 53.2 Å². The molecule has 0 unspecified atom stereocenters.